The van der Waals surface area contributed by atoms with Crippen molar-refractivity contribution >= 4 is 23.3 Å². The number of nitrogens with zero attached hydrogens (tertiary/aromatic N) is 3. The van der Waals surface area contributed by atoms with E-state index >= 15 is 0 Å². The summed E-state index contributed by atoms with van der Waals surface area (Å²) in [6.45, 7) is 3.65. The van der Waals surface area contributed by atoms with E-state index in [1.165, 1.54) is 0 Å². The van der Waals surface area contributed by atoms with Gasteiger partial charge in [0.05, 0.1) is 18.6 Å². The van der Waals surface area contributed by atoms with Crippen molar-refractivity contribution in [3.63, 3.8) is 0 Å². The molecule has 7 nitrogen and oxygen atoms in total. The van der Waals surface area contributed by atoms with Crippen LogP contribution >= 0.6 is 0 Å². The van der Waals surface area contributed by atoms with Crippen molar-refractivity contribution < 1.29 is 9.53 Å². The molecular formula is C25H29N5O2. The molecule has 32 heavy (non-hydrogen) atoms. The first-order valence-corrected chi connectivity index (χ1v) is 11.1. The quantitative estimate of drug-likeness (QED) is 0.545. The van der Waals surface area contributed by atoms with Crippen LogP contribution in [-0.2, 0) is 9.53 Å². The van der Waals surface area contributed by atoms with Gasteiger partial charge in [0.1, 0.15) is 12.0 Å². The number of nitrogens with one attached hydrogen (secondary N) is 1. The third-order valence-corrected chi connectivity index (χ3v) is 5.82. The van der Waals surface area contributed by atoms with Gasteiger partial charge in [-0.15, -0.1) is 0 Å². The van der Waals surface area contributed by atoms with Gasteiger partial charge in [-0.1, -0.05) is 60.7 Å². The second-order valence-electron chi connectivity index (χ2n) is 7.87. The van der Waals surface area contributed by atoms with Crippen molar-refractivity contribution in [2.45, 2.75) is 25.8 Å². The van der Waals surface area contributed by atoms with Gasteiger partial charge >= 0.3 is 5.97 Å². The van der Waals surface area contributed by atoms with E-state index in [9.17, 15) is 4.79 Å². The maximum atomic E-state index is 12.1. The van der Waals surface area contributed by atoms with Gasteiger partial charge in [0.25, 0.3) is 0 Å². The molecule has 0 aliphatic carbocycles. The fourth-order valence-corrected chi connectivity index (χ4v) is 4.13. The lowest BCUT2D eigenvalue weighted by molar-refractivity contribution is -0.148. The number of nitrogens with two attached hydrogens (primary N) is 1. The zero-order valence-electron chi connectivity index (χ0n) is 18.3. The number of hydrogen-bond donors (Lipinski definition) is 2. The van der Waals surface area contributed by atoms with Crippen molar-refractivity contribution in [2.75, 3.05) is 35.6 Å². The van der Waals surface area contributed by atoms with Crippen molar-refractivity contribution in [1.29, 1.82) is 0 Å². The van der Waals surface area contributed by atoms with Crippen LogP contribution < -0.4 is 16.0 Å². The van der Waals surface area contributed by atoms with Crippen molar-refractivity contribution in [2.24, 2.45) is 5.92 Å². The lowest BCUT2D eigenvalue weighted by atomic mass is 9.97. The highest BCUT2D eigenvalue weighted by atomic mass is 16.5. The second-order valence-corrected chi connectivity index (χ2v) is 7.87. The number of anilines is 3. The van der Waals surface area contributed by atoms with Gasteiger partial charge in [0.15, 0.2) is 11.6 Å². The summed E-state index contributed by atoms with van der Waals surface area (Å²) in [6.07, 6.45) is 2.99. The average molecular weight is 432 g/mol. The Morgan fingerprint density at radius 3 is 2.22 bits per heavy atom. The van der Waals surface area contributed by atoms with Gasteiger partial charge in [-0.3, -0.25) is 4.79 Å². The molecule has 0 bridgehead atoms. The molecular weight excluding hydrogens is 402 g/mol. The predicted molar refractivity (Wildman–Crippen MR) is 126 cm³/mol. The Hall–Kier alpha value is -3.61. The number of benzene rings is 2. The van der Waals surface area contributed by atoms with Gasteiger partial charge in [-0.25, -0.2) is 9.97 Å². The van der Waals surface area contributed by atoms with E-state index in [-0.39, 0.29) is 17.9 Å². The number of rotatable bonds is 7. The molecule has 1 aliphatic heterocycles. The maximum absolute atomic E-state index is 12.1. The molecule has 0 amide bonds. The summed E-state index contributed by atoms with van der Waals surface area (Å²) in [5.41, 5.74) is 9.29. The molecule has 1 aromatic heterocycles. The molecule has 2 aromatic carbocycles. The molecule has 0 unspecified atom stereocenters. The Morgan fingerprint density at radius 1 is 1.06 bits per heavy atom. The van der Waals surface area contributed by atoms with Gasteiger partial charge in [-0.05, 0) is 30.9 Å². The molecule has 0 saturated carbocycles. The lowest BCUT2D eigenvalue weighted by Crippen LogP contribution is -2.38. The Labute approximate surface area is 188 Å². The van der Waals surface area contributed by atoms with Crippen LogP contribution in [0.3, 0.4) is 0 Å². The molecule has 0 radical (unpaired) electrons. The molecule has 0 spiro atoms. The zero-order valence-corrected chi connectivity index (χ0v) is 18.3. The second kappa shape index (κ2) is 10.1. The van der Waals surface area contributed by atoms with E-state index in [1.54, 1.807) is 6.33 Å². The van der Waals surface area contributed by atoms with E-state index in [0.717, 1.165) is 24.0 Å². The van der Waals surface area contributed by atoms with Crippen molar-refractivity contribution in [3.05, 3.63) is 78.1 Å². The van der Waals surface area contributed by atoms with Crippen molar-refractivity contribution in [3.8, 4) is 0 Å². The maximum Gasteiger partial charge on any atom is 0.309 e. The molecule has 3 aromatic rings. The van der Waals surface area contributed by atoms with Gasteiger partial charge in [-0.2, -0.15) is 0 Å². The molecule has 0 atom stereocenters. The Kier molecular flexibility index (Phi) is 6.84. The van der Waals surface area contributed by atoms with Gasteiger partial charge < -0.3 is 20.7 Å². The van der Waals surface area contributed by atoms with Crippen LogP contribution in [0, 0.1) is 5.92 Å². The van der Waals surface area contributed by atoms with Crippen LogP contribution in [0.2, 0.25) is 0 Å². The van der Waals surface area contributed by atoms with Crippen LogP contribution in [-0.4, -0.2) is 35.6 Å². The summed E-state index contributed by atoms with van der Waals surface area (Å²) in [4.78, 5) is 23.1. The molecule has 1 fully saturated rings. The number of nitrogen functional groups attached to an aromatic ring is 1. The smallest absolute Gasteiger partial charge is 0.309 e. The highest BCUT2D eigenvalue weighted by Crippen LogP contribution is 2.33. The Bertz CT molecular complexity index is 982. The lowest BCUT2D eigenvalue weighted by Gasteiger charge is -2.32. The monoisotopic (exact) mass is 431 g/mol. The molecule has 1 saturated heterocycles. The predicted octanol–water partition coefficient (Wildman–Crippen LogP) is 4.04. The number of ether oxygens (including phenoxy) is 1. The number of aromatic nitrogens is 2. The summed E-state index contributed by atoms with van der Waals surface area (Å²) >= 11 is 0. The fraction of sp³-hybridized carbons (Fsp3) is 0.320. The minimum atomic E-state index is -0.112. The van der Waals surface area contributed by atoms with Crippen LogP contribution in [0.1, 0.15) is 36.9 Å². The van der Waals surface area contributed by atoms with Crippen LogP contribution in [0.15, 0.2) is 67.0 Å². The number of esters is 1. The topological polar surface area (TPSA) is 93.4 Å². The van der Waals surface area contributed by atoms with E-state index in [4.69, 9.17) is 10.5 Å². The number of hydrogen-bond acceptors (Lipinski definition) is 7. The first-order valence-electron chi connectivity index (χ1n) is 11.1. The normalized spacial score (nSPS) is 14.4. The minimum absolute atomic E-state index is 0.0626. The summed E-state index contributed by atoms with van der Waals surface area (Å²) < 4.78 is 5.18. The molecule has 2 heterocycles. The van der Waals surface area contributed by atoms with Gasteiger partial charge in [0, 0.05) is 13.1 Å². The van der Waals surface area contributed by atoms with Crippen LogP contribution in [0.4, 0.5) is 17.3 Å². The standard InChI is InChI=1S/C25H29N5O2/c1-2-32-25(31)20-13-15-30(16-14-20)24-21(26)23(27-17-28-24)29-22(18-9-5-3-6-10-18)19-11-7-4-8-12-19/h3-12,17,20,22H,2,13-16,26H2,1H3,(H,27,28,29). The van der Waals surface area contributed by atoms with E-state index in [2.05, 4.69) is 44.5 Å². The van der Waals surface area contributed by atoms with Crippen LogP contribution in [0.5, 0.6) is 0 Å². The largest absolute Gasteiger partial charge is 0.466 e. The molecule has 1 aliphatic rings. The highest BCUT2D eigenvalue weighted by molar-refractivity contribution is 5.76. The molecule has 3 N–H and O–H groups in total. The van der Waals surface area contributed by atoms with E-state index < -0.39 is 0 Å². The molecule has 4 rings (SSSR count). The van der Waals surface area contributed by atoms with Crippen LogP contribution in [0.25, 0.3) is 0 Å². The Balaban J connectivity index is 1.55. The third-order valence-electron chi connectivity index (χ3n) is 5.82. The SMILES string of the molecule is CCOC(=O)C1CCN(c2ncnc(NC(c3ccccc3)c3ccccc3)c2N)CC1. The summed E-state index contributed by atoms with van der Waals surface area (Å²) in [5, 5.41) is 3.53. The van der Waals surface area contributed by atoms with Crippen molar-refractivity contribution in [1.82, 2.24) is 9.97 Å². The molecule has 7 heteroatoms. The average Bonchev–Trinajstić information content (AvgIpc) is 2.85. The minimum Gasteiger partial charge on any atom is -0.466 e. The first-order chi connectivity index (χ1) is 15.7. The zero-order chi connectivity index (χ0) is 22.3. The van der Waals surface area contributed by atoms with E-state index in [0.29, 0.717) is 37.0 Å². The summed E-state index contributed by atoms with van der Waals surface area (Å²) in [5.74, 6) is 1.12. The van der Waals surface area contributed by atoms with Gasteiger partial charge in [0.2, 0.25) is 0 Å². The highest BCUT2D eigenvalue weighted by Gasteiger charge is 2.28. The van der Waals surface area contributed by atoms with E-state index in [1.807, 2.05) is 43.3 Å². The Morgan fingerprint density at radius 2 is 1.66 bits per heavy atom. The fourth-order valence-electron chi connectivity index (χ4n) is 4.13. The summed E-state index contributed by atoms with van der Waals surface area (Å²) in [6, 6.07) is 20.3. The number of carbonyl (C=O) groups is 1. The first kappa shape index (κ1) is 21.6. The third kappa shape index (κ3) is 4.82. The summed E-state index contributed by atoms with van der Waals surface area (Å²) in [7, 11) is 0. The molecule has 166 valence electrons. The number of piperidine rings is 1. The number of carbonyl (C=O) groups excluding carboxylic acids is 1.